The van der Waals surface area contributed by atoms with E-state index in [9.17, 15) is 0 Å². The van der Waals surface area contributed by atoms with Gasteiger partial charge in [-0.05, 0) is 57.5 Å². The van der Waals surface area contributed by atoms with Gasteiger partial charge in [-0.1, -0.05) is 0 Å². The Bertz CT molecular complexity index is 915. The molecule has 2 aromatic heterocycles. The number of ether oxygens (including phenoxy) is 2. The van der Waals surface area contributed by atoms with Gasteiger partial charge in [0, 0.05) is 12.3 Å². The third kappa shape index (κ3) is 3.63. The minimum absolute atomic E-state index is 0.562. The van der Waals surface area contributed by atoms with Crippen LogP contribution in [-0.4, -0.2) is 22.6 Å². The summed E-state index contributed by atoms with van der Waals surface area (Å²) in [7, 11) is 0. The molecule has 6 nitrogen and oxygen atoms in total. The maximum atomic E-state index is 5.63. The van der Waals surface area contributed by atoms with Gasteiger partial charge in [0.15, 0.2) is 17.3 Å². The van der Waals surface area contributed by atoms with Crippen LogP contribution in [0.4, 0.5) is 11.5 Å². The molecule has 0 fully saturated rings. The van der Waals surface area contributed by atoms with Crippen LogP contribution in [0.2, 0.25) is 0 Å². The van der Waals surface area contributed by atoms with Crippen molar-refractivity contribution in [1.82, 2.24) is 9.38 Å². The van der Waals surface area contributed by atoms with Crippen molar-refractivity contribution >= 4 is 17.2 Å². The lowest BCUT2D eigenvalue weighted by Crippen LogP contribution is -1.97. The molecule has 1 aromatic carbocycles. The van der Waals surface area contributed by atoms with E-state index in [2.05, 4.69) is 15.2 Å². The van der Waals surface area contributed by atoms with E-state index in [0.29, 0.717) is 30.4 Å². The number of aryl methyl sites for hydroxylation is 2. The van der Waals surface area contributed by atoms with Crippen LogP contribution in [0.15, 0.2) is 46.8 Å². The fraction of sp³-hybridized carbons (Fsp3) is 0.316. The number of nitrogens with zero attached hydrogens (tertiary/aromatic N) is 4. The summed E-state index contributed by atoms with van der Waals surface area (Å²) in [5, 5.41) is 8.75. The van der Waals surface area contributed by atoms with E-state index in [0.717, 1.165) is 22.7 Å². The highest BCUT2D eigenvalue weighted by atomic mass is 16.5. The van der Waals surface area contributed by atoms with Crippen molar-refractivity contribution in [3.8, 4) is 11.5 Å². The Morgan fingerprint density at radius 1 is 0.960 bits per heavy atom. The fourth-order valence-electron chi connectivity index (χ4n) is 2.58. The number of fused-ring (bicyclic) bond motifs is 1. The van der Waals surface area contributed by atoms with Gasteiger partial charge in [-0.25, -0.2) is 4.98 Å². The van der Waals surface area contributed by atoms with Crippen molar-refractivity contribution in [2.75, 3.05) is 13.2 Å². The average Bonchev–Trinajstić information content (AvgIpc) is 2.89. The van der Waals surface area contributed by atoms with Crippen LogP contribution in [-0.2, 0) is 0 Å². The van der Waals surface area contributed by atoms with Crippen molar-refractivity contribution < 1.29 is 9.47 Å². The summed E-state index contributed by atoms with van der Waals surface area (Å²) in [5.41, 5.74) is 3.57. The van der Waals surface area contributed by atoms with E-state index in [1.165, 1.54) is 0 Å². The first-order valence-corrected chi connectivity index (χ1v) is 8.39. The summed E-state index contributed by atoms with van der Waals surface area (Å²) in [6.45, 7) is 9.00. The molecule has 0 atom stereocenters. The molecule has 0 aliphatic rings. The monoisotopic (exact) mass is 338 g/mol. The van der Waals surface area contributed by atoms with Crippen molar-refractivity contribution in [2.45, 2.75) is 27.7 Å². The Balaban J connectivity index is 1.94. The summed E-state index contributed by atoms with van der Waals surface area (Å²) in [6.07, 6.45) is 1.96. The fourth-order valence-corrected chi connectivity index (χ4v) is 2.58. The van der Waals surface area contributed by atoms with E-state index in [4.69, 9.17) is 9.47 Å². The van der Waals surface area contributed by atoms with Crippen LogP contribution in [0.25, 0.3) is 5.65 Å². The molecule has 0 amide bonds. The van der Waals surface area contributed by atoms with Crippen LogP contribution >= 0.6 is 0 Å². The lowest BCUT2D eigenvalue weighted by Gasteiger charge is -2.10. The Labute approximate surface area is 147 Å². The maximum absolute atomic E-state index is 5.63. The standard InChI is InChI=1S/C19H22N4O2/c1-5-24-16-8-7-15(12-17(16)25-6-2)21-22-19-14(4)20-18-11-13(3)9-10-23(18)19/h7-12H,5-6H2,1-4H3. The number of benzene rings is 1. The number of pyridine rings is 1. The lowest BCUT2D eigenvalue weighted by molar-refractivity contribution is 0.288. The van der Waals surface area contributed by atoms with E-state index in [1.54, 1.807) is 0 Å². The highest BCUT2D eigenvalue weighted by Crippen LogP contribution is 2.33. The van der Waals surface area contributed by atoms with Crippen LogP contribution in [0.3, 0.4) is 0 Å². The number of aromatic nitrogens is 2. The van der Waals surface area contributed by atoms with Gasteiger partial charge in [-0.15, -0.1) is 10.2 Å². The highest BCUT2D eigenvalue weighted by molar-refractivity contribution is 5.54. The average molecular weight is 338 g/mol. The predicted molar refractivity (Wildman–Crippen MR) is 97.6 cm³/mol. The van der Waals surface area contributed by atoms with E-state index in [1.807, 2.05) is 68.6 Å². The largest absolute Gasteiger partial charge is 0.490 e. The van der Waals surface area contributed by atoms with E-state index in [-0.39, 0.29) is 0 Å². The topological polar surface area (TPSA) is 60.5 Å². The van der Waals surface area contributed by atoms with Gasteiger partial charge < -0.3 is 9.47 Å². The first-order chi connectivity index (χ1) is 12.1. The predicted octanol–water partition coefficient (Wildman–Crippen LogP) is 5.16. The second kappa shape index (κ2) is 7.34. The minimum atomic E-state index is 0.562. The maximum Gasteiger partial charge on any atom is 0.182 e. The molecule has 0 N–H and O–H groups in total. The van der Waals surface area contributed by atoms with Crippen molar-refractivity contribution in [3.63, 3.8) is 0 Å². The summed E-state index contributed by atoms with van der Waals surface area (Å²) in [6, 6.07) is 9.60. The molecule has 0 saturated carbocycles. The molecule has 2 heterocycles. The molecule has 0 unspecified atom stereocenters. The highest BCUT2D eigenvalue weighted by Gasteiger charge is 2.09. The Morgan fingerprint density at radius 3 is 2.48 bits per heavy atom. The van der Waals surface area contributed by atoms with Gasteiger partial charge in [0.05, 0.1) is 24.6 Å². The van der Waals surface area contributed by atoms with Crippen LogP contribution < -0.4 is 9.47 Å². The van der Waals surface area contributed by atoms with Crippen molar-refractivity contribution in [1.29, 1.82) is 0 Å². The molecule has 0 radical (unpaired) electrons. The van der Waals surface area contributed by atoms with Gasteiger partial charge in [0.2, 0.25) is 0 Å². The molecule has 0 aliphatic carbocycles. The Hall–Kier alpha value is -2.89. The second-order valence-corrected chi connectivity index (χ2v) is 5.65. The minimum Gasteiger partial charge on any atom is -0.490 e. The van der Waals surface area contributed by atoms with Gasteiger partial charge in [0.25, 0.3) is 0 Å². The van der Waals surface area contributed by atoms with E-state index < -0.39 is 0 Å². The first kappa shape index (κ1) is 17.0. The quantitative estimate of drug-likeness (QED) is 0.583. The van der Waals surface area contributed by atoms with Gasteiger partial charge in [-0.3, -0.25) is 4.40 Å². The third-order valence-electron chi connectivity index (χ3n) is 3.71. The molecule has 6 heteroatoms. The number of azo groups is 1. The van der Waals surface area contributed by atoms with Crippen LogP contribution in [0.5, 0.6) is 11.5 Å². The molecule has 0 saturated heterocycles. The molecular weight excluding hydrogens is 316 g/mol. The number of hydrogen-bond acceptors (Lipinski definition) is 5. The second-order valence-electron chi connectivity index (χ2n) is 5.65. The number of hydrogen-bond donors (Lipinski definition) is 0. The number of rotatable bonds is 6. The third-order valence-corrected chi connectivity index (χ3v) is 3.71. The molecule has 3 rings (SSSR count). The zero-order valence-electron chi connectivity index (χ0n) is 15.0. The summed E-state index contributed by atoms with van der Waals surface area (Å²) >= 11 is 0. The first-order valence-electron chi connectivity index (χ1n) is 8.39. The molecule has 0 bridgehead atoms. The number of imidazole rings is 1. The zero-order chi connectivity index (χ0) is 17.8. The van der Waals surface area contributed by atoms with Crippen LogP contribution in [0.1, 0.15) is 25.1 Å². The van der Waals surface area contributed by atoms with E-state index >= 15 is 0 Å². The Morgan fingerprint density at radius 2 is 1.72 bits per heavy atom. The Kier molecular flexibility index (Phi) is 4.97. The molecular formula is C19H22N4O2. The molecule has 0 spiro atoms. The van der Waals surface area contributed by atoms with Crippen LogP contribution in [0, 0.1) is 13.8 Å². The molecule has 0 aliphatic heterocycles. The normalized spacial score (nSPS) is 11.4. The summed E-state index contributed by atoms with van der Waals surface area (Å²) in [4.78, 5) is 4.54. The zero-order valence-corrected chi connectivity index (χ0v) is 15.0. The summed E-state index contributed by atoms with van der Waals surface area (Å²) < 4.78 is 13.1. The van der Waals surface area contributed by atoms with Crippen molar-refractivity contribution in [3.05, 3.63) is 47.8 Å². The SMILES string of the molecule is CCOc1ccc(N=Nc2c(C)nc3cc(C)ccn23)cc1OCC. The van der Waals surface area contributed by atoms with Gasteiger partial charge >= 0.3 is 0 Å². The molecule has 3 aromatic rings. The molecule has 25 heavy (non-hydrogen) atoms. The molecule has 130 valence electrons. The van der Waals surface area contributed by atoms with Crippen molar-refractivity contribution in [2.24, 2.45) is 10.2 Å². The van der Waals surface area contributed by atoms with Gasteiger partial charge in [0.1, 0.15) is 5.65 Å². The lowest BCUT2D eigenvalue weighted by atomic mass is 10.3. The smallest absolute Gasteiger partial charge is 0.182 e. The van der Waals surface area contributed by atoms with Gasteiger partial charge in [-0.2, -0.15) is 0 Å². The summed E-state index contributed by atoms with van der Waals surface area (Å²) in [5.74, 6) is 2.11.